The highest BCUT2D eigenvalue weighted by atomic mass is 16.1. The summed E-state index contributed by atoms with van der Waals surface area (Å²) in [7, 11) is 0. The van der Waals surface area contributed by atoms with Crippen molar-refractivity contribution in [1.29, 1.82) is 0 Å². The van der Waals surface area contributed by atoms with Crippen LogP contribution in [-0.2, 0) is 4.79 Å². The summed E-state index contributed by atoms with van der Waals surface area (Å²) in [5.41, 5.74) is 0. The maximum atomic E-state index is 11.8. The van der Waals surface area contributed by atoms with E-state index in [0.29, 0.717) is 17.7 Å². The van der Waals surface area contributed by atoms with Crippen molar-refractivity contribution in [2.75, 3.05) is 13.1 Å². The molecule has 1 aliphatic carbocycles. The lowest BCUT2D eigenvalue weighted by Gasteiger charge is -2.37. The van der Waals surface area contributed by atoms with Gasteiger partial charge in [-0.1, -0.05) is 12.3 Å². The first-order valence-corrected chi connectivity index (χ1v) is 6.49. The molecule has 16 heavy (non-hydrogen) atoms. The molecule has 2 unspecified atom stereocenters. The highest BCUT2D eigenvalue weighted by Crippen LogP contribution is 2.32. The Hall–Kier alpha value is -0.810. The maximum Gasteiger partial charge on any atom is 0.137 e. The highest BCUT2D eigenvalue weighted by Gasteiger charge is 2.36. The molecule has 1 heterocycles. The minimum absolute atomic E-state index is 0.318. The van der Waals surface area contributed by atoms with Crippen LogP contribution in [0.15, 0.2) is 0 Å². The summed E-state index contributed by atoms with van der Waals surface area (Å²) in [5, 5.41) is 0. The number of likely N-dealkylation sites (tertiary alicyclic amines) is 1. The SMILES string of the molecule is CC#CCN1CCCCC1C1CCCC1=O. The topological polar surface area (TPSA) is 20.3 Å². The first-order chi connectivity index (χ1) is 7.83. The quantitative estimate of drug-likeness (QED) is 0.664. The first-order valence-electron chi connectivity index (χ1n) is 6.49. The number of carbonyl (C=O) groups is 1. The number of piperidine rings is 1. The van der Waals surface area contributed by atoms with Gasteiger partial charge in [-0.15, -0.1) is 5.92 Å². The summed E-state index contributed by atoms with van der Waals surface area (Å²) >= 11 is 0. The molecule has 1 saturated heterocycles. The van der Waals surface area contributed by atoms with Crippen LogP contribution in [-0.4, -0.2) is 29.8 Å². The van der Waals surface area contributed by atoms with Crippen LogP contribution in [0.5, 0.6) is 0 Å². The molecule has 0 amide bonds. The van der Waals surface area contributed by atoms with Crippen LogP contribution >= 0.6 is 0 Å². The van der Waals surface area contributed by atoms with E-state index in [1.165, 1.54) is 19.3 Å². The molecule has 2 aliphatic rings. The third kappa shape index (κ3) is 2.47. The van der Waals surface area contributed by atoms with Gasteiger partial charge in [0, 0.05) is 18.4 Å². The Morgan fingerprint density at radius 2 is 2.19 bits per heavy atom. The predicted octanol–water partition coefficient (Wildman–Crippen LogP) is 2.23. The number of hydrogen-bond acceptors (Lipinski definition) is 2. The lowest BCUT2D eigenvalue weighted by Crippen LogP contribution is -2.45. The molecule has 0 N–H and O–H groups in total. The van der Waals surface area contributed by atoms with Gasteiger partial charge >= 0.3 is 0 Å². The molecule has 2 fully saturated rings. The van der Waals surface area contributed by atoms with Crippen LogP contribution in [0, 0.1) is 17.8 Å². The van der Waals surface area contributed by atoms with Crippen LogP contribution < -0.4 is 0 Å². The van der Waals surface area contributed by atoms with Gasteiger partial charge in [0.25, 0.3) is 0 Å². The van der Waals surface area contributed by atoms with E-state index in [0.717, 1.165) is 32.4 Å². The second kappa shape index (κ2) is 5.50. The van der Waals surface area contributed by atoms with E-state index in [1.807, 2.05) is 6.92 Å². The van der Waals surface area contributed by atoms with Crippen molar-refractivity contribution in [3.05, 3.63) is 0 Å². The molecule has 0 aromatic carbocycles. The lowest BCUT2D eigenvalue weighted by molar-refractivity contribution is -0.123. The minimum atomic E-state index is 0.318. The van der Waals surface area contributed by atoms with Crippen molar-refractivity contribution in [1.82, 2.24) is 4.90 Å². The van der Waals surface area contributed by atoms with Crippen LogP contribution in [0.25, 0.3) is 0 Å². The molecule has 2 nitrogen and oxygen atoms in total. The van der Waals surface area contributed by atoms with Gasteiger partial charge in [0.05, 0.1) is 6.54 Å². The van der Waals surface area contributed by atoms with Gasteiger partial charge in [0.2, 0.25) is 0 Å². The van der Waals surface area contributed by atoms with Crippen molar-refractivity contribution >= 4 is 5.78 Å². The van der Waals surface area contributed by atoms with E-state index >= 15 is 0 Å². The summed E-state index contributed by atoms with van der Waals surface area (Å²) in [6.07, 6.45) is 6.77. The second-order valence-corrected chi connectivity index (χ2v) is 4.93. The zero-order valence-electron chi connectivity index (χ0n) is 10.2. The molecule has 0 bridgehead atoms. The Bertz CT molecular complexity index is 312. The molecular weight excluding hydrogens is 198 g/mol. The van der Waals surface area contributed by atoms with Gasteiger partial charge in [-0.3, -0.25) is 9.69 Å². The van der Waals surface area contributed by atoms with Crippen LogP contribution in [0.1, 0.15) is 45.4 Å². The molecule has 88 valence electrons. The van der Waals surface area contributed by atoms with Crippen LogP contribution in [0.2, 0.25) is 0 Å². The smallest absolute Gasteiger partial charge is 0.137 e. The third-order valence-electron chi connectivity index (χ3n) is 3.94. The first kappa shape index (κ1) is 11.7. The average Bonchev–Trinajstić information content (AvgIpc) is 2.73. The van der Waals surface area contributed by atoms with E-state index < -0.39 is 0 Å². The Morgan fingerprint density at radius 3 is 2.88 bits per heavy atom. The second-order valence-electron chi connectivity index (χ2n) is 4.93. The van der Waals surface area contributed by atoms with Gasteiger partial charge < -0.3 is 0 Å². The largest absolute Gasteiger partial charge is 0.299 e. The molecule has 1 aliphatic heterocycles. The van der Waals surface area contributed by atoms with Crippen molar-refractivity contribution < 1.29 is 4.79 Å². The summed E-state index contributed by atoms with van der Waals surface area (Å²) in [5.74, 6) is 6.93. The molecule has 2 atom stereocenters. The van der Waals surface area contributed by atoms with Gasteiger partial charge in [0.1, 0.15) is 5.78 Å². The summed E-state index contributed by atoms with van der Waals surface area (Å²) < 4.78 is 0. The Kier molecular flexibility index (Phi) is 4.01. The predicted molar refractivity (Wildman–Crippen MR) is 65.0 cm³/mol. The number of rotatable bonds is 2. The van der Waals surface area contributed by atoms with Crippen LogP contribution in [0.4, 0.5) is 0 Å². The summed E-state index contributed by atoms with van der Waals surface area (Å²) in [4.78, 5) is 14.3. The fourth-order valence-electron chi connectivity index (χ4n) is 3.10. The Labute approximate surface area is 98.4 Å². The Balaban J connectivity index is 2.02. The van der Waals surface area contributed by atoms with E-state index in [2.05, 4.69) is 16.7 Å². The van der Waals surface area contributed by atoms with Crippen molar-refractivity contribution in [2.45, 2.75) is 51.5 Å². The van der Waals surface area contributed by atoms with E-state index in [-0.39, 0.29) is 0 Å². The molecule has 0 radical (unpaired) electrons. The monoisotopic (exact) mass is 219 g/mol. The molecular formula is C14H21NO. The zero-order valence-corrected chi connectivity index (χ0v) is 10.2. The Morgan fingerprint density at radius 1 is 1.31 bits per heavy atom. The summed E-state index contributed by atoms with van der Waals surface area (Å²) in [6.45, 7) is 3.87. The van der Waals surface area contributed by atoms with E-state index in [9.17, 15) is 4.79 Å². The third-order valence-corrected chi connectivity index (χ3v) is 3.94. The number of ketones is 1. The highest BCUT2D eigenvalue weighted by molar-refractivity contribution is 5.83. The number of nitrogens with zero attached hydrogens (tertiary/aromatic N) is 1. The molecule has 1 saturated carbocycles. The van der Waals surface area contributed by atoms with E-state index in [4.69, 9.17) is 0 Å². The number of hydrogen-bond donors (Lipinski definition) is 0. The zero-order chi connectivity index (χ0) is 11.4. The van der Waals surface area contributed by atoms with E-state index in [1.54, 1.807) is 0 Å². The molecule has 2 heteroatoms. The molecule has 0 aromatic heterocycles. The van der Waals surface area contributed by atoms with Crippen molar-refractivity contribution in [3.8, 4) is 11.8 Å². The normalized spacial score (nSPS) is 31.2. The molecule has 0 spiro atoms. The van der Waals surface area contributed by atoms with Crippen LogP contribution in [0.3, 0.4) is 0 Å². The fourth-order valence-corrected chi connectivity index (χ4v) is 3.10. The lowest BCUT2D eigenvalue weighted by atomic mass is 9.88. The average molecular weight is 219 g/mol. The van der Waals surface area contributed by atoms with Crippen molar-refractivity contribution in [3.63, 3.8) is 0 Å². The van der Waals surface area contributed by atoms with Gasteiger partial charge in [-0.05, 0) is 39.2 Å². The van der Waals surface area contributed by atoms with Gasteiger partial charge in [-0.2, -0.15) is 0 Å². The van der Waals surface area contributed by atoms with Gasteiger partial charge in [0.15, 0.2) is 0 Å². The minimum Gasteiger partial charge on any atom is -0.299 e. The maximum absolute atomic E-state index is 11.8. The number of Topliss-reactive ketones (excluding diaryl/α,β-unsaturated/α-hetero) is 1. The fraction of sp³-hybridized carbons (Fsp3) is 0.786. The molecule has 2 rings (SSSR count). The van der Waals surface area contributed by atoms with Gasteiger partial charge in [-0.25, -0.2) is 0 Å². The molecule has 0 aromatic rings. The standard InChI is InChI=1S/C14H21NO/c1-2-3-10-15-11-5-4-8-13(15)12-7-6-9-14(12)16/h12-13H,4-11H2,1H3. The van der Waals surface area contributed by atoms with Crippen molar-refractivity contribution in [2.24, 2.45) is 5.92 Å². The number of carbonyl (C=O) groups excluding carboxylic acids is 1. The summed E-state index contributed by atoms with van der Waals surface area (Å²) in [6, 6.07) is 0.490.